The Morgan fingerprint density at radius 2 is 2.00 bits per heavy atom. The van der Waals surface area contributed by atoms with Gasteiger partial charge < -0.3 is 10.1 Å². The summed E-state index contributed by atoms with van der Waals surface area (Å²) in [5, 5.41) is 2.71. The first-order valence-corrected chi connectivity index (χ1v) is 3.88. The molecule has 0 atom stereocenters. The number of hydrogen-bond acceptors (Lipinski definition) is 2. The average Bonchev–Trinajstić information content (AvgIpc) is 1.97. The molecule has 0 aliphatic rings. The molecule has 0 rings (SSSR count). The van der Waals surface area contributed by atoms with Gasteiger partial charge in [-0.15, -0.1) is 0 Å². The summed E-state index contributed by atoms with van der Waals surface area (Å²) in [5.41, 5.74) is -0.353. The van der Waals surface area contributed by atoms with E-state index in [-0.39, 0.29) is 11.3 Å². The van der Waals surface area contributed by atoms with Crippen LogP contribution in [0, 0.1) is 5.41 Å². The predicted octanol–water partition coefficient (Wildman–Crippen LogP) is 1.31. The number of hydrogen-bond donors (Lipinski definition) is 1. The van der Waals surface area contributed by atoms with Crippen molar-refractivity contribution in [3.8, 4) is 0 Å². The fourth-order valence-electron chi connectivity index (χ4n) is 0.516. The summed E-state index contributed by atoms with van der Waals surface area (Å²) >= 11 is 0. The first-order chi connectivity index (χ1) is 5.38. The molecule has 0 aromatic heterocycles. The fraction of sp³-hybridized carbons (Fsp3) is 0.667. The number of carbonyl (C=O) groups excluding carboxylic acids is 1. The number of ether oxygens (including phenoxy) is 1. The second-order valence-corrected chi connectivity index (χ2v) is 3.68. The average molecular weight is 171 g/mol. The Labute approximate surface area is 73.8 Å². The van der Waals surface area contributed by atoms with Crippen LogP contribution < -0.4 is 5.32 Å². The Balaban J connectivity index is 3.81. The predicted molar refractivity (Wildman–Crippen MR) is 48.6 cm³/mol. The van der Waals surface area contributed by atoms with E-state index >= 15 is 0 Å². The molecule has 1 N–H and O–H groups in total. The molecule has 0 aromatic rings. The molecule has 0 aliphatic carbocycles. The molecule has 0 radical (unpaired) electrons. The van der Waals surface area contributed by atoms with E-state index in [1.165, 1.54) is 7.11 Å². The highest BCUT2D eigenvalue weighted by Gasteiger charge is 2.20. The Kier molecular flexibility index (Phi) is 3.80. The lowest BCUT2D eigenvalue weighted by molar-refractivity contribution is -0.128. The summed E-state index contributed by atoms with van der Waals surface area (Å²) in [6, 6.07) is 0. The zero-order chi connectivity index (χ0) is 9.78. The number of methoxy groups -OCH3 is 1. The van der Waals surface area contributed by atoms with E-state index in [0.29, 0.717) is 12.3 Å². The molecule has 0 aromatic carbocycles. The van der Waals surface area contributed by atoms with Gasteiger partial charge in [0.25, 0.3) is 0 Å². The lowest BCUT2D eigenvalue weighted by Gasteiger charge is -2.17. The van der Waals surface area contributed by atoms with E-state index in [1.54, 1.807) is 0 Å². The summed E-state index contributed by atoms with van der Waals surface area (Å²) in [4.78, 5) is 11.3. The molecule has 1 amide bonds. The molecule has 0 fully saturated rings. The molecule has 0 saturated heterocycles. The van der Waals surface area contributed by atoms with Crippen LogP contribution in [0.2, 0.25) is 0 Å². The molecule has 3 nitrogen and oxygen atoms in total. The lowest BCUT2D eigenvalue weighted by Crippen LogP contribution is -2.35. The minimum atomic E-state index is -0.353. The van der Waals surface area contributed by atoms with Crippen LogP contribution in [0.1, 0.15) is 20.8 Å². The molecule has 0 spiro atoms. The fourth-order valence-corrected chi connectivity index (χ4v) is 0.516. The van der Waals surface area contributed by atoms with Gasteiger partial charge in [0.1, 0.15) is 5.76 Å². The maximum absolute atomic E-state index is 11.3. The molecule has 3 heteroatoms. The van der Waals surface area contributed by atoms with Crippen LogP contribution in [0.4, 0.5) is 0 Å². The van der Waals surface area contributed by atoms with E-state index < -0.39 is 0 Å². The van der Waals surface area contributed by atoms with Crippen LogP contribution in [0.3, 0.4) is 0 Å². The monoisotopic (exact) mass is 171 g/mol. The largest absolute Gasteiger partial charge is 0.500 e. The van der Waals surface area contributed by atoms with Crippen molar-refractivity contribution in [2.24, 2.45) is 5.41 Å². The minimum absolute atomic E-state index is 0.000648. The number of carbonyl (C=O) groups is 1. The van der Waals surface area contributed by atoms with E-state index in [0.717, 1.165) is 0 Å². The quantitative estimate of drug-likeness (QED) is 0.650. The second kappa shape index (κ2) is 4.14. The third kappa shape index (κ3) is 4.01. The van der Waals surface area contributed by atoms with Gasteiger partial charge in [-0.05, 0) is 0 Å². The highest BCUT2D eigenvalue weighted by molar-refractivity contribution is 5.81. The Hall–Kier alpha value is -0.990. The Bertz CT molecular complexity index is 179. The highest BCUT2D eigenvalue weighted by atomic mass is 16.5. The maximum atomic E-state index is 11.3. The zero-order valence-electron chi connectivity index (χ0n) is 8.23. The van der Waals surface area contributed by atoms with Crippen molar-refractivity contribution in [3.63, 3.8) is 0 Å². The van der Waals surface area contributed by atoms with Crippen LogP contribution in [0.5, 0.6) is 0 Å². The van der Waals surface area contributed by atoms with Gasteiger partial charge in [-0.25, -0.2) is 0 Å². The van der Waals surface area contributed by atoms with Gasteiger partial charge in [0.05, 0.1) is 13.7 Å². The first-order valence-electron chi connectivity index (χ1n) is 3.88. The SMILES string of the molecule is C=C(CNC(=O)C(C)(C)C)OC. The van der Waals surface area contributed by atoms with Crippen molar-refractivity contribution in [2.45, 2.75) is 20.8 Å². The molecule has 12 heavy (non-hydrogen) atoms. The highest BCUT2D eigenvalue weighted by Crippen LogP contribution is 2.12. The number of amides is 1. The molecular formula is C9H17NO2. The lowest BCUT2D eigenvalue weighted by atomic mass is 9.96. The molecule has 70 valence electrons. The Morgan fingerprint density at radius 1 is 1.50 bits per heavy atom. The summed E-state index contributed by atoms with van der Waals surface area (Å²) in [7, 11) is 1.53. The second-order valence-electron chi connectivity index (χ2n) is 3.68. The molecule has 0 aliphatic heterocycles. The summed E-state index contributed by atoms with van der Waals surface area (Å²) < 4.78 is 4.80. The van der Waals surface area contributed by atoms with E-state index in [2.05, 4.69) is 11.9 Å². The van der Waals surface area contributed by atoms with Crippen molar-refractivity contribution >= 4 is 5.91 Å². The maximum Gasteiger partial charge on any atom is 0.225 e. The smallest absolute Gasteiger partial charge is 0.225 e. The number of rotatable bonds is 3. The van der Waals surface area contributed by atoms with E-state index in [9.17, 15) is 4.79 Å². The summed E-state index contributed by atoms with van der Waals surface area (Å²) in [5.74, 6) is 0.563. The Morgan fingerprint density at radius 3 is 2.33 bits per heavy atom. The third-order valence-corrected chi connectivity index (χ3v) is 1.42. The minimum Gasteiger partial charge on any atom is -0.500 e. The first kappa shape index (κ1) is 11.0. The van der Waals surface area contributed by atoms with Crippen molar-refractivity contribution in [3.05, 3.63) is 12.3 Å². The van der Waals surface area contributed by atoms with Gasteiger partial charge in [0.2, 0.25) is 5.91 Å². The van der Waals surface area contributed by atoms with Crippen molar-refractivity contribution in [1.82, 2.24) is 5.32 Å². The normalized spacial score (nSPS) is 10.7. The van der Waals surface area contributed by atoms with Crippen molar-refractivity contribution in [1.29, 1.82) is 0 Å². The number of nitrogens with one attached hydrogen (secondary N) is 1. The molecule has 0 bridgehead atoms. The van der Waals surface area contributed by atoms with E-state index in [1.807, 2.05) is 20.8 Å². The standard InChI is InChI=1S/C9H17NO2/c1-7(12-5)6-10-8(11)9(2,3)4/h1,6H2,2-5H3,(H,10,11). The van der Waals surface area contributed by atoms with Gasteiger partial charge in [-0.1, -0.05) is 27.4 Å². The zero-order valence-corrected chi connectivity index (χ0v) is 8.23. The summed E-state index contributed by atoms with van der Waals surface area (Å²) in [6.07, 6.45) is 0. The molecule has 0 heterocycles. The van der Waals surface area contributed by atoms with Gasteiger partial charge in [-0.2, -0.15) is 0 Å². The van der Waals surface area contributed by atoms with Gasteiger partial charge in [0, 0.05) is 5.41 Å². The van der Waals surface area contributed by atoms with Crippen molar-refractivity contribution in [2.75, 3.05) is 13.7 Å². The summed E-state index contributed by atoms with van der Waals surface area (Å²) in [6.45, 7) is 9.55. The third-order valence-electron chi connectivity index (χ3n) is 1.42. The van der Waals surface area contributed by atoms with Crippen LogP contribution in [0.25, 0.3) is 0 Å². The van der Waals surface area contributed by atoms with Crippen LogP contribution in [-0.4, -0.2) is 19.6 Å². The molecule has 0 saturated carbocycles. The van der Waals surface area contributed by atoms with Gasteiger partial charge >= 0.3 is 0 Å². The molecular weight excluding hydrogens is 154 g/mol. The van der Waals surface area contributed by atoms with Gasteiger partial charge in [0.15, 0.2) is 0 Å². The van der Waals surface area contributed by atoms with Crippen LogP contribution in [0.15, 0.2) is 12.3 Å². The van der Waals surface area contributed by atoms with Crippen molar-refractivity contribution < 1.29 is 9.53 Å². The van der Waals surface area contributed by atoms with Crippen LogP contribution in [-0.2, 0) is 9.53 Å². The molecule has 0 unspecified atom stereocenters. The van der Waals surface area contributed by atoms with Gasteiger partial charge in [-0.3, -0.25) is 4.79 Å². The van der Waals surface area contributed by atoms with Crippen LogP contribution >= 0.6 is 0 Å². The topological polar surface area (TPSA) is 38.3 Å². The van der Waals surface area contributed by atoms with E-state index in [4.69, 9.17) is 4.74 Å².